The van der Waals surface area contributed by atoms with Crippen LogP contribution in [0, 0.1) is 0 Å². The third-order valence-corrected chi connectivity index (χ3v) is 5.07. The highest BCUT2D eigenvalue weighted by molar-refractivity contribution is 9.10. The minimum Gasteiger partial charge on any atom is -0.376 e. The van der Waals surface area contributed by atoms with E-state index in [1.165, 1.54) is 4.70 Å². The van der Waals surface area contributed by atoms with E-state index in [9.17, 15) is 0 Å². The van der Waals surface area contributed by atoms with Gasteiger partial charge in [0.25, 0.3) is 0 Å². The molecule has 2 atom stereocenters. The number of benzene rings is 1. The molecular weight excluding hydrogens is 312 g/mol. The number of hydrogen-bond donors (Lipinski definition) is 1. The van der Waals surface area contributed by atoms with Crippen molar-refractivity contribution in [2.24, 2.45) is 0 Å². The zero-order valence-corrected chi connectivity index (χ0v) is 12.8. The summed E-state index contributed by atoms with van der Waals surface area (Å²) in [6, 6.07) is 6.19. The van der Waals surface area contributed by atoms with Gasteiger partial charge in [-0.2, -0.15) is 0 Å². The first-order valence-corrected chi connectivity index (χ1v) is 7.64. The fourth-order valence-corrected chi connectivity index (χ4v) is 3.53. The van der Waals surface area contributed by atoms with Gasteiger partial charge in [-0.3, -0.25) is 0 Å². The molecule has 1 N–H and O–H groups in total. The van der Waals surface area contributed by atoms with Crippen molar-refractivity contribution in [3.8, 4) is 0 Å². The van der Waals surface area contributed by atoms with E-state index in [0.717, 1.165) is 28.1 Å². The Labute approximate surface area is 119 Å². The van der Waals surface area contributed by atoms with Gasteiger partial charge < -0.3 is 10.1 Å². The standard InChI is InChI=1S/C13H15BrN2OS/c1-8-13(2,5-6-17-8)16-12-15-10-7-9(14)3-4-11(10)18-12/h3-4,7-8H,5-6H2,1-2H3,(H,15,16). The second-order valence-electron chi connectivity index (χ2n) is 4.94. The molecule has 2 heterocycles. The summed E-state index contributed by atoms with van der Waals surface area (Å²) >= 11 is 5.17. The summed E-state index contributed by atoms with van der Waals surface area (Å²) in [7, 11) is 0. The lowest BCUT2D eigenvalue weighted by Crippen LogP contribution is -2.41. The number of rotatable bonds is 2. The van der Waals surface area contributed by atoms with Crippen molar-refractivity contribution >= 4 is 42.6 Å². The zero-order chi connectivity index (χ0) is 12.8. The lowest BCUT2D eigenvalue weighted by molar-refractivity contribution is 0.105. The van der Waals surface area contributed by atoms with E-state index in [4.69, 9.17) is 4.74 Å². The van der Waals surface area contributed by atoms with Gasteiger partial charge in [-0.1, -0.05) is 27.3 Å². The Morgan fingerprint density at radius 1 is 1.56 bits per heavy atom. The van der Waals surface area contributed by atoms with Crippen molar-refractivity contribution in [2.75, 3.05) is 11.9 Å². The molecule has 1 aromatic heterocycles. The fourth-order valence-electron chi connectivity index (χ4n) is 2.20. The Bertz CT molecular complexity index is 585. The molecular formula is C13H15BrN2OS. The number of anilines is 1. The molecule has 0 bridgehead atoms. The minimum atomic E-state index is -0.00882. The predicted molar refractivity (Wildman–Crippen MR) is 79.4 cm³/mol. The highest BCUT2D eigenvalue weighted by Crippen LogP contribution is 2.34. The maximum atomic E-state index is 5.64. The minimum absolute atomic E-state index is 0.00882. The highest BCUT2D eigenvalue weighted by atomic mass is 79.9. The first-order valence-electron chi connectivity index (χ1n) is 6.03. The lowest BCUT2D eigenvalue weighted by atomic mass is 9.95. The molecule has 1 aromatic carbocycles. The molecule has 2 aromatic rings. The smallest absolute Gasteiger partial charge is 0.184 e. The summed E-state index contributed by atoms with van der Waals surface area (Å²) < 4.78 is 7.91. The van der Waals surface area contributed by atoms with Gasteiger partial charge in [0.2, 0.25) is 0 Å². The molecule has 0 radical (unpaired) electrons. The molecule has 1 aliphatic heterocycles. The quantitative estimate of drug-likeness (QED) is 0.904. The van der Waals surface area contributed by atoms with Crippen LogP contribution in [0.1, 0.15) is 20.3 Å². The normalized spacial score (nSPS) is 27.8. The number of thiazole rings is 1. The van der Waals surface area contributed by atoms with Gasteiger partial charge in [-0.15, -0.1) is 0 Å². The van der Waals surface area contributed by atoms with Crippen LogP contribution in [-0.2, 0) is 4.74 Å². The molecule has 1 saturated heterocycles. The number of fused-ring (bicyclic) bond motifs is 1. The van der Waals surface area contributed by atoms with Gasteiger partial charge in [-0.05, 0) is 38.5 Å². The maximum Gasteiger partial charge on any atom is 0.184 e. The summed E-state index contributed by atoms with van der Waals surface area (Å²) in [5.74, 6) is 0. The van der Waals surface area contributed by atoms with E-state index < -0.39 is 0 Å². The van der Waals surface area contributed by atoms with Crippen molar-refractivity contribution < 1.29 is 4.74 Å². The van der Waals surface area contributed by atoms with Crippen molar-refractivity contribution in [1.82, 2.24) is 4.98 Å². The second kappa shape index (κ2) is 4.47. The molecule has 0 amide bonds. The van der Waals surface area contributed by atoms with Crippen LogP contribution in [0.3, 0.4) is 0 Å². The van der Waals surface area contributed by atoms with Gasteiger partial charge in [0.15, 0.2) is 5.13 Å². The van der Waals surface area contributed by atoms with Crippen LogP contribution >= 0.6 is 27.3 Å². The summed E-state index contributed by atoms with van der Waals surface area (Å²) in [5.41, 5.74) is 1.03. The van der Waals surface area contributed by atoms with Crippen molar-refractivity contribution in [1.29, 1.82) is 0 Å². The number of halogens is 1. The van der Waals surface area contributed by atoms with Crippen LogP contribution in [0.5, 0.6) is 0 Å². The lowest BCUT2D eigenvalue weighted by Gasteiger charge is -2.28. The number of ether oxygens (including phenoxy) is 1. The molecule has 18 heavy (non-hydrogen) atoms. The number of nitrogens with zero attached hydrogens (tertiary/aromatic N) is 1. The van der Waals surface area contributed by atoms with Crippen molar-refractivity contribution in [3.05, 3.63) is 22.7 Å². The summed E-state index contributed by atoms with van der Waals surface area (Å²) in [4.78, 5) is 4.64. The van der Waals surface area contributed by atoms with E-state index >= 15 is 0 Å². The van der Waals surface area contributed by atoms with E-state index in [1.807, 2.05) is 12.1 Å². The van der Waals surface area contributed by atoms with Gasteiger partial charge >= 0.3 is 0 Å². The summed E-state index contributed by atoms with van der Waals surface area (Å²) in [6.07, 6.45) is 1.24. The van der Waals surface area contributed by atoms with Gasteiger partial charge in [0.1, 0.15) is 0 Å². The Morgan fingerprint density at radius 2 is 2.39 bits per heavy atom. The van der Waals surface area contributed by atoms with Crippen LogP contribution < -0.4 is 5.32 Å². The topological polar surface area (TPSA) is 34.1 Å². The largest absolute Gasteiger partial charge is 0.376 e. The van der Waals surface area contributed by atoms with Crippen LogP contribution in [-0.4, -0.2) is 23.2 Å². The molecule has 0 spiro atoms. The van der Waals surface area contributed by atoms with Crippen LogP contribution in [0.4, 0.5) is 5.13 Å². The first kappa shape index (κ1) is 12.4. The Kier molecular flexibility index (Phi) is 3.08. The molecule has 0 aliphatic carbocycles. The summed E-state index contributed by atoms with van der Waals surface area (Å²) in [6.45, 7) is 5.14. The Hall–Kier alpha value is -0.650. The highest BCUT2D eigenvalue weighted by Gasteiger charge is 2.37. The van der Waals surface area contributed by atoms with Crippen molar-refractivity contribution in [3.63, 3.8) is 0 Å². The van der Waals surface area contributed by atoms with Crippen LogP contribution in [0.25, 0.3) is 10.2 Å². The molecule has 1 aliphatic rings. The number of nitrogens with one attached hydrogen (secondary N) is 1. The third-order valence-electron chi connectivity index (χ3n) is 3.63. The monoisotopic (exact) mass is 326 g/mol. The van der Waals surface area contributed by atoms with E-state index in [-0.39, 0.29) is 11.6 Å². The zero-order valence-electron chi connectivity index (χ0n) is 10.4. The third kappa shape index (κ3) is 2.15. The SMILES string of the molecule is CC1OCCC1(C)Nc1nc2cc(Br)ccc2s1. The molecule has 3 nitrogen and oxygen atoms in total. The average molecular weight is 327 g/mol. The Morgan fingerprint density at radius 3 is 3.11 bits per heavy atom. The van der Waals surface area contributed by atoms with Gasteiger partial charge in [0, 0.05) is 11.1 Å². The van der Waals surface area contributed by atoms with Crippen LogP contribution in [0.2, 0.25) is 0 Å². The Balaban J connectivity index is 1.91. The summed E-state index contributed by atoms with van der Waals surface area (Å²) in [5, 5.41) is 4.52. The second-order valence-corrected chi connectivity index (χ2v) is 6.88. The van der Waals surface area contributed by atoms with E-state index in [0.29, 0.717) is 0 Å². The molecule has 1 fully saturated rings. The molecule has 2 unspecified atom stereocenters. The molecule has 96 valence electrons. The molecule has 3 rings (SSSR count). The fraction of sp³-hybridized carbons (Fsp3) is 0.462. The molecule has 0 saturated carbocycles. The predicted octanol–water partition coefficient (Wildman–Crippen LogP) is 4.04. The van der Waals surface area contributed by atoms with E-state index in [2.05, 4.69) is 46.1 Å². The van der Waals surface area contributed by atoms with Crippen LogP contribution in [0.15, 0.2) is 22.7 Å². The van der Waals surface area contributed by atoms with Gasteiger partial charge in [-0.25, -0.2) is 4.98 Å². The number of aromatic nitrogens is 1. The maximum absolute atomic E-state index is 5.64. The molecule has 5 heteroatoms. The van der Waals surface area contributed by atoms with Gasteiger partial charge in [0.05, 0.1) is 21.9 Å². The van der Waals surface area contributed by atoms with E-state index in [1.54, 1.807) is 11.3 Å². The van der Waals surface area contributed by atoms with Crippen molar-refractivity contribution in [2.45, 2.75) is 31.9 Å². The first-order chi connectivity index (χ1) is 8.57. The number of hydrogen-bond acceptors (Lipinski definition) is 4. The average Bonchev–Trinajstić information content (AvgIpc) is 2.83.